The van der Waals surface area contributed by atoms with Gasteiger partial charge >= 0.3 is 11.6 Å². The molecule has 1 aromatic heterocycles. The van der Waals surface area contributed by atoms with E-state index in [9.17, 15) is 22.2 Å². The molecule has 2 heterocycles. The predicted octanol–water partition coefficient (Wildman–Crippen LogP) is 3.63. The fourth-order valence-electron chi connectivity index (χ4n) is 3.47. The molecule has 1 aliphatic rings. The summed E-state index contributed by atoms with van der Waals surface area (Å²) in [5.74, 6) is 0.469. The van der Waals surface area contributed by atoms with Gasteiger partial charge in [0.1, 0.15) is 17.6 Å². The summed E-state index contributed by atoms with van der Waals surface area (Å²) in [6.07, 6.45) is -0.460. The minimum absolute atomic E-state index is 0.00907. The Morgan fingerprint density at radius 2 is 1.76 bits per heavy atom. The van der Waals surface area contributed by atoms with Crippen LogP contribution in [0.15, 0.2) is 52.3 Å². The normalized spacial score (nSPS) is 16.0. The molecular weight excluding hydrogens is 491 g/mol. The Hall–Kier alpha value is -2.64. The number of carbonyl (C=O) groups is 1. The van der Waals surface area contributed by atoms with Crippen LogP contribution in [-0.2, 0) is 22.1 Å². The number of alkyl halides is 3. The van der Waals surface area contributed by atoms with Gasteiger partial charge in [0.2, 0.25) is 0 Å². The second-order valence-corrected chi connectivity index (χ2v) is 10.3. The van der Waals surface area contributed by atoms with Gasteiger partial charge in [-0.1, -0.05) is 12.1 Å². The number of hydrogen-bond donors (Lipinski definition) is 1. The van der Waals surface area contributed by atoms with Gasteiger partial charge in [-0.2, -0.15) is 28.6 Å². The number of aromatic amines is 1. The molecule has 1 fully saturated rings. The molecule has 0 bridgehead atoms. The van der Waals surface area contributed by atoms with Gasteiger partial charge in [-0.15, -0.1) is 0 Å². The molecule has 1 amide bonds. The van der Waals surface area contributed by atoms with E-state index in [0.717, 1.165) is 5.52 Å². The quantitative estimate of drug-likeness (QED) is 0.483. The van der Waals surface area contributed by atoms with E-state index in [2.05, 4.69) is 20.3 Å². The average molecular weight is 514 g/mol. The highest BCUT2D eigenvalue weighted by atomic mass is 32.2. The second-order valence-electron chi connectivity index (χ2n) is 7.60. The number of hydrogen-bond acceptors (Lipinski definition) is 7. The van der Waals surface area contributed by atoms with Crippen LogP contribution in [0.3, 0.4) is 0 Å². The van der Waals surface area contributed by atoms with E-state index in [1.165, 1.54) is 24.3 Å². The Labute approximate surface area is 200 Å². The van der Waals surface area contributed by atoms with Gasteiger partial charge in [0.25, 0.3) is 0 Å². The molecule has 34 heavy (non-hydrogen) atoms. The standard InChI is InChI=1S/C21H22F3N5O3S2/c22-21(23,24)33-16-3-1-15(2-4-16)14-32-20(30)29-9-7-28(8-10-29)11-12-34(31)17-5-6-18-19(13-17)26-27-25-18/h1-6,13H,7-12,14H2,(H,25,26,27)/t34-/m1/s1. The molecule has 8 nitrogen and oxygen atoms in total. The molecule has 0 radical (unpaired) electrons. The van der Waals surface area contributed by atoms with Crippen molar-refractivity contribution in [1.82, 2.24) is 25.2 Å². The van der Waals surface area contributed by atoms with Crippen LogP contribution in [0.1, 0.15) is 5.56 Å². The summed E-state index contributed by atoms with van der Waals surface area (Å²) in [7, 11) is -1.17. The first-order valence-electron chi connectivity index (χ1n) is 10.4. The van der Waals surface area contributed by atoms with Crippen molar-refractivity contribution >= 4 is 39.7 Å². The number of halogens is 3. The van der Waals surface area contributed by atoms with Gasteiger partial charge in [-0.25, -0.2) is 4.79 Å². The largest absolute Gasteiger partial charge is 0.446 e. The lowest BCUT2D eigenvalue weighted by Gasteiger charge is -2.33. The maximum atomic E-state index is 12.6. The molecule has 13 heteroatoms. The zero-order chi connectivity index (χ0) is 24.1. The number of amides is 1. The van der Waals surface area contributed by atoms with E-state index in [4.69, 9.17) is 4.74 Å². The fraction of sp³-hybridized carbons (Fsp3) is 0.381. The summed E-state index contributed by atoms with van der Waals surface area (Å²) in [5.41, 5.74) is -2.32. The van der Waals surface area contributed by atoms with Crippen molar-refractivity contribution < 1.29 is 26.9 Å². The number of H-pyrrole nitrogens is 1. The van der Waals surface area contributed by atoms with Crippen LogP contribution < -0.4 is 0 Å². The highest BCUT2D eigenvalue weighted by Crippen LogP contribution is 2.36. The van der Waals surface area contributed by atoms with Crippen molar-refractivity contribution in [1.29, 1.82) is 0 Å². The average Bonchev–Trinajstić information content (AvgIpc) is 3.29. The van der Waals surface area contributed by atoms with Crippen molar-refractivity contribution in [3.05, 3.63) is 48.0 Å². The second kappa shape index (κ2) is 10.7. The van der Waals surface area contributed by atoms with Crippen LogP contribution in [0.25, 0.3) is 11.0 Å². The third-order valence-electron chi connectivity index (χ3n) is 5.29. The third kappa shape index (κ3) is 6.70. The van der Waals surface area contributed by atoms with Crippen molar-refractivity contribution in [3.8, 4) is 0 Å². The van der Waals surface area contributed by atoms with Crippen LogP contribution in [0.5, 0.6) is 0 Å². The van der Waals surface area contributed by atoms with Crippen LogP contribution in [-0.4, -0.2) is 79.5 Å². The third-order valence-corrected chi connectivity index (χ3v) is 7.37. The number of rotatable bonds is 7. The maximum Gasteiger partial charge on any atom is 0.446 e. The zero-order valence-corrected chi connectivity index (χ0v) is 19.6. The van der Waals surface area contributed by atoms with Gasteiger partial charge in [-0.05, 0) is 47.7 Å². The monoisotopic (exact) mass is 513 g/mol. The van der Waals surface area contributed by atoms with Gasteiger partial charge in [-0.3, -0.25) is 9.11 Å². The lowest BCUT2D eigenvalue weighted by Crippen LogP contribution is -2.49. The molecule has 0 spiro atoms. The Bertz CT molecular complexity index is 1150. The number of thioether (sulfide) groups is 1. The van der Waals surface area contributed by atoms with Gasteiger partial charge < -0.3 is 9.64 Å². The number of benzene rings is 2. The number of aromatic nitrogens is 3. The number of ether oxygens (including phenoxy) is 1. The SMILES string of the molecule is O=C(OCc1ccc(SC(F)(F)F)cc1)N1CCN(CC[S@@](=O)c2ccc3n[nH]nc3c2)CC1. The van der Waals surface area contributed by atoms with E-state index < -0.39 is 22.4 Å². The first-order chi connectivity index (χ1) is 16.3. The lowest BCUT2D eigenvalue weighted by molar-refractivity contribution is -0.0328. The maximum absolute atomic E-state index is 12.6. The van der Waals surface area contributed by atoms with Crippen LogP contribution in [0.4, 0.5) is 18.0 Å². The smallest absolute Gasteiger partial charge is 0.445 e. The van der Waals surface area contributed by atoms with Crippen molar-refractivity contribution in [2.45, 2.75) is 21.9 Å². The van der Waals surface area contributed by atoms with Crippen LogP contribution in [0, 0.1) is 0 Å². The number of carbonyl (C=O) groups excluding carboxylic acids is 1. The first kappa shape index (κ1) is 24.5. The minimum Gasteiger partial charge on any atom is -0.445 e. The highest BCUT2D eigenvalue weighted by Gasteiger charge is 2.29. The van der Waals surface area contributed by atoms with E-state index in [1.54, 1.807) is 23.1 Å². The number of piperazine rings is 1. The molecule has 1 saturated heterocycles. The summed E-state index contributed by atoms with van der Waals surface area (Å²) in [6.45, 7) is 2.87. The van der Waals surface area contributed by atoms with Gasteiger partial charge in [0, 0.05) is 48.3 Å². The first-order valence-corrected chi connectivity index (χ1v) is 12.6. The van der Waals surface area contributed by atoms with E-state index in [1.807, 2.05) is 0 Å². The predicted molar refractivity (Wildman–Crippen MR) is 122 cm³/mol. The van der Waals surface area contributed by atoms with Gasteiger partial charge in [0.05, 0.1) is 10.8 Å². The highest BCUT2D eigenvalue weighted by molar-refractivity contribution is 8.00. The molecule has 0 unspecified atom stereocenters. The molecule has 0 aliphatic carbocycles. The summed E-state index contributed by atoms with van der Waals surface area (Å²) >= 11 is -0.185. The van der Waals surface area contributed by atoms with E-state index >= 15 is 0 Å². The molecule has 1 atom stereocenters. The van der Waals surface area contributed by atoms with Crippen LogP contribution >= 0.6 is 11.8 Å². The number of nitrogens with one attached hydrogen (secondary N) is 1. The molecule has 1 N–H and O–H groups in total. The minimum atomic E-state index is -4.34. The Kier molecular flexibility index (Phi) is 7.73. The fourth-order valence-corrected chi connectivity index (χ4v) is 5.13. The topological polar surface area (TPSA) is 91.4 Å². The van der Waals surface area contributed by atoms with E-state index in [-0.39, 0.29) is 23.3 Å². The Balaban J connectivity index is 1.17. The molecular formula is C21H22F3N5O3S2. The number of fused-ring (bicyclic) bond motifs is 1. The Morgan fingerprint density at radius 1 is 1.06 bits per heavy atom. The molecule has 0 saturated carbocycles. The summed E-state index contributed by atoms with van der Waals surface area (Å²) in [4.78, 5) is 16.9. The molecule has 182 valence electrons. The summed E-state index contributed by atoms with van der Waals surface area (Å²) in [5, 5.41) is 10.5. The van der Waals surface area contributed by atoms with E-state index in [0.29, 0.717) is 54.5 Å². The van der Waals surface area contributed by atoms with Crippen LogP contribution in [0.2, 0.25) is 0 Å². The van der Waals surface area contributed by atoms with Crippen molar-refractivity contribution in [3.63, 3.8) is 0 Å². The summed E-state index contributed by atoms with van der Waals surface area (Å²) in [6, 6.07) is 11.1. The molecule has 3 aromatic rings. The number of nitrogens with zero attached hydrogens (tertiary/aromatic N) is 4. The van der Waals surface area contributed by atoms with Crippen molar-refractivity contribution in [2.24, 2.45) is 0 Å². The molecule has 1 aliphatic heterocycles. The Morgan fingerprint density at radius 3 is 2.47 bits per heavy atom. The summed E-state index contributed by atoms with van der Waals surface area (Å²) < 4.78 is 55.1. The van der Waals surface area contributed by atoms with Gasteiger partial charge in [0.15, 0.2) is 0 Å². The van der Waals surface area contributed by atoms with Crippen molar-refractivity contribution in [2.75, 3.05) is 38.5 Å². The molecule has 4 rings (SSSR count). The molecule has 2 aromatic carbocycles. The lowest BCUT2D eigenvalue weighted by atomic mass is 10.2. The zero-order valence-electron chi connectivity index (χ0n) is 18.0.